The van der Waals surface area contributed by atoms with Crippen molar-refractivity contribution in [2.45, 2.75) is 45.6 Å². The average Bonchev–Trinajstić information content (AvgIpc) is 2.62. The van der Waals surface area contributed by atoms with E-state index in [0.29, 0.717) is 6.42 Å². The van der Waals surface area contributed by atoms with Crippen LogP contribution in [0.3, 0.4) is 0 Å². The second-order valence-corrected chi connectivity index (χ2v) is 5.80. The first kappa shape index (κ1) is 14.7. The molecule has 5 heteroatoms. The van der Waals surface area contributed by atoms with Crippen molar-refractivity contribution in [3.8, 4) is 0 Å². The first-order chi connectivity index (χ1) is 8.47. The second kappa shape index (κ2) is 7.16. The number of thiophene rings is 1. The van der Waals surface area contributed by atoms with Gasteiger partial charge in [-0.3, -0.25) is 9.59 Å². The number of hydrogen-bond acceptors (Lipinski definition) is 3. The Kier molecular flexibility index (Phi) is 5.85. The predicted octanol–water partition coefficient (Wildman–Crippen LogP) is 2.36. The van der Waals surface area contributed by atoms with Crippen molar-refractivity contribution in [2.75, 3.05) is 0 Å². The SMILES string of the molecule is Cc1ccc(CCCC(=O)NC(C)CC(=O)O)s1. The molecule has 0 saturated heterocycles. The van der Waals surface area contributed by atoms with Crippen molar-refractivity contribution in [1.29, 1.82) is 0 Å². The number of carbonyl (C=O) groups is 2. The van der Waals surface area contributed by atoms with Gasteiger partial charge in [-0.25, -0.2) is 0 Å². The highest BCUT2D eigenvalue weighted by Gasteiger charge is 2.10. The van der Waals surface area contributed by atoms with Crippen LogP contribution in [0.2, 0.25) is 0 Å². The van der Waals surface area contributed by atoms with E-state index in [1.165, 1.54) is 9.75 Å². The molecule has 0 fully saturated rings. The topological polar surface area (TPSA) is 66.4 Å². The highest BCUT2D eigenvalue weighted by atomic mass is 32.1. The fourth-order valence-electron chi connectivity index (χ4n) is 1.70. The summed E-state index contributed by atoms with van der Waals surface area (Å²) >= 11 is 1.75. The van der Waals surface area contributed by atoms with Gasteiger partial charge in [0.25, 0.3) is 0 Å². The molecule has 18 heavy (non-hydrogen) atoms. The van der Waals surface area contributed by atoms with Crippen molar-refractivity contribution < 1.29 is 14.7 Å². The molecule has 0 aromatic carbocycles. The van der Waals surface area contributed by atoms with Crippen LogP contribution in [0.5, 0.6) is 0 Å². The largest absolute Gasteiger partial charge is 0.481 e. The molecule has 1 aromatic heterocycles. The van der Waals surface area contributed by atoms with E-state index in [9.17, 15) is 9.59 Å². The molecule has 1 rings (SSSR count). The summed E-state index contributed by atoms with van der Waals surface area (Å²) in [6.45, 7) is 3.77. The fraction of sp³-hybridized carbons (Fsp3) is 0.538. The second-order valence-electron chi connectivity index (χ2n) is 4.43. The van der Waals surface area contributed by atoms with Gasteiger partial charge >= 0.3 is 5.97 Å². The molecule has 0 aliphatic rings. The number of aryl methyl sites for hydroxylation is 2. The molecule has 2 N–H and O–H groups in total. The first-order valence-corrected chi connectivity index (χ1v) is 6.85. The number of nitrogens with one attached hydrogen (secondary N) is 1. The van der Waals surface area contributed by atoms with Crippen LogP contribution in [0.15, 0.2) is 12.1 Å². The van der Waals surface area contributed by atoms with Crippen LogP contribution >= 0.6 is 11.3 Å². The van der Waals surface area contributed by atoms with E-state index in [-0.39, 0.29) is 18.4 Å². The summed E-state index contributed by atoms with van der Waals surface area (Å²) in [5, 5.41) is 11.3. The Hall–Kier alpha value is -1.36. The molecule has 0 saturated carbocycles. The van der Waals surface area contributed by atoms with Gasteiger partial charge in [0.2, 0.25) is 5.91 Å². The van der Waals surface area contributed by atoms with E-state index >= 15 is 0 Å². The minimum Gasteiger partial charge on any atom is -0.481 e. The summed E-state index contributed by atoms with van der Waals surface area (Å²) in [5.74, 6) is -0.964. The average molecular weight is 269 g/mol. The van der Waals surface area contributed by atoms with Gasteiger partial charge < -0.3 is 10.4 Å². The van der Waals surface area contributed by atoms with Crippen LogP contribution in [0.4, 0.5) is 0 Å². The van der Waals surface area contributed by atoms with Gasteiger partial charge in [-0.2, -0.15) is 0 Å². The smallest absolute Gasteiger partial charge is 0.305 e. The van der Waals surface area contributed by atoms with Gasteiger partial charge in [0.05, 0.1) is 6.42 Å². The maximum Gasteiger partial charge on any atom is 0.305 e. The first-order valence-electron chi connectivity index (χ1n) is 6.04. The van der Waals surface area contributed by atoms with E-state index in [4.69, 9.17) is 5.11 Å². The van der Waals surface area contributed by atoms with E-state index in [0.717, 1.165) is 12.8 Å². The normalized spacial score (nSPS) is 12.1. The number of carboxylic acid groups (broad SMARTS) is 1. The fourth-order valence-corrected chi connectivity index (χ4v) is 2.63. The molecular formula is C13H19NO3S. The van der Waals surface area contributed by atoms with E-state index in [1.807, 2.05) is 0 Å². The van der Waals surface area contributed by atoms with Crippen LogP contribution in [0, 0.1) is 6.92 Å². The molecule has 1 aromatic rings. The highest BCUT2D eigenvalue weighted by Crippen LogP contribution is 2.17. The minimum atomic E-state index is -0.892. The van der Waals surface area contributed by atoms with Gasteiger partial charge in [-0.15, -0.1) is 11.3 Å². The van der Waals surface area contributed by atoms with Gasteiger partial charge in [-0.1, -0.05) is 0 Å². The Morgan fingerprint density at radius 2 is 2.17 bits per heavy atom. The van der Waals surface area contributed by atoms with Gasteiger partial charge in [0, 0.05) is 22.2 Å². The molecule has 1 atom stereocenters. The van der Waals surface area contributed by atoms with Gasteiger partial charge in [-0.05, 0) is 38.8 Å². The van der Waals surface area contributed by atoms with Gasteiger partial charge in [0.15, 0.2) is 0 Å². The predicted molar refractivity (Wildman–Crippen MR) is 71.9 cm³/mol. The Morgan fingerprint density at radius 3 is 2.72 bits per heavy atom. The Balaban J connectivity index is 2.19. The molecule has 1 heterocycles. The van der Waals surface area contributed by atoms with Crippen molar-refractivity contribution in [1.82, 2.24) is 5.32 Å². The zero-order valence-corrected chi connectivity index (χ0v) is 11.5. The van der Waals surface area contributed by atoms with Crippen LogP contribution in [-0.2, 0) is 16.0 Å². The molecule has 0 spiro atoms. The van der Waals surface area contributed by atoms with Crippen LogP contribution in [0.1, 0.15) is 35.9 Å². The van der Waals surface area contributed by atoms with Crippen molar-refractivity contribution >= 4 is 23.2 Å². The molecule has 1 amide bonds. The zero-order chi connectivity index (χ0) is 13.5. The van der Waals surface area contributed by atoms with Crippen LogP contribution < -0.4 is 5.32 Å². The lowest BCUT2D eigenvalue weighted by molar-refractivity contribution is -0.137. The lowest BCUT2D eigenvalue weighted by Gasteiger charge is -2.11. The molecule has 100 valence electrons. The summed E-state index contributed by atoms with van der Waals surface area (Å²) in [6, 6.07) is 3.86. The molecule has 0 radical (unpaired) electrons. The monoisotopic (exact) mass is 269 g/mol. The van der Waals surface area contributed by atoms with Gasteiger partial charge in [0.1, 0.15) is 0 Å². The van der Waals surface area contributed by atoms with Crippen molar-refractivity contribution in [2.24, 2.45) is 0 Å². The molecule has 4 nitrogen and oxygen atoms in total. The molecule has 0 bridgehead atoms. The zero-order valence-electron chi connectivity index (χ0n) is 10.7. The summed E-state index contributed by atoms with van der Waals surface area (Å²) < 4.78 is 0. The van der Waals surface area contributed by atoms with E-state index < -0.39 is 5.97 Å². The molecule has 0 aliphatic heterocycles. The summed E-state index contributed by atoms with van der Waals surface area (Å²) in [7, 11) is 0. The Bertz CT molecular complexity index is 414. The van der Waals surface area contributed by atoms with Crippen molar-refractivity contribution in [3.05, 3.63) is 21.9 Å². The summed E-state index contributed by atoms with van der Waals surface area (Å²) in [5.41, 5.74) is 0. The minimum absolute atomic E-state index is 0.0319. The quantitative estimate of drug-likeness (QED) is 0.798. The summed E-state index contributed by atoms with van der Waals surface area (Å²) in [6.07, 6.45) is 2.11. The number of aliphatic carboxylic acids is 1. The molecule has 1 unspecified atom stereocenters. The maximum absolute atomic E-state index is 11.5. The number of amides is 1. The Morgan fingerprint density at radius 1 is 1.44 bits per heavy atom. The highest BCUT2D eigenvalue weighted by molar-refractivity contribution is 7.11. The van der Waals surface area contributed by atoms with Crippen molar-refractivity contribution in [3.63, 3.8) is 0 Å². The lowest BCUT2D eigenvalue weighted by Crippen LogP contribution is -2.34. The molecule has 0 aliphatic carbocycles. The van der Waals surface area contributed by atoms with Crippen LogP contribution in [-0.4, -0.2) is 23.0 Å². The Labute approximate surface area is 111 Å². The summed E-state index contributed by atoms with van der Waals surface area (Å²) in [4.78, 5) is 24.5. The third-order valence-corrected chi connectivity index (χ3v) is 3.57. The number of rotatable bonds is 7. The van der Waals surface area contributed by atoms with E-state index in [2.05, 4.69) is 24.4 Å². The lowest BCUT2D eigenvalue weighted by atomic mass is 10.2. The third-order valence-electron chi connectivity index (χ3n) is 2.51. The number of carboxylic acids is 1. The third kappa shape index (κ3) is 5.82. The number of hydrogen-bond donors (Lipinski definition) is 2. The number of carbonyl (C=O) groups excluding carboxylic acids is 1. The maximum atomic E-state index is 11.5. The standard InChI is InChI=1S/C13H19NO3S/c1-9(8-13(16)17)14-12(15)5-3-4-11-7-6-10(2)18-11/h6-7,9H,3-5,8H2,1-2H3,(H,14,15)(H,16,17). The van der Waals surface area contributed by atoms with E-state index in [1.54, 1.807) is 18.3 Å². The van der Waals surface area contributed by atoms with Crippen LogP contribution in [0.25, 0.3) is 0 Å². The molecular weight excluding hydrogens is 250 g/mol.